The van der Waals surface area contributed by atoms with Crippen molar-refractivity contribution in [3.8, 4) is 0 Å². The van der Waals surface area contributed by atoms with E-state index >= 15 is 0 Å². The van der Waals surface area contributed by atoms with E-state index in [0.29, 0.717) is 4.08 Å². The van der Waals surface area contributed by atoms with Gasteiger partial charge in [0.15, 0.2) is 0 Å². The van der Waals surface area contributed by atoms with E-state index in [1.54, 1.807) is 0 Å². The van der Waals surface area contributed by atoms with Gasteiger partial charge in [0.25, 0.3) is 0 Å². The van der Waals surface area contributed by atoms with E-state index in [1.165, 1.54) is 29.9 Å². The van der Waals surface area contributed by atoms with Gasteiger partial charge in [0.2, 0.25) is 0 Å². The Balaban J connectivity index is 1.88. The molecule has 14 heavy (non-hydrogen) atoms. The molecule has 1 saturated heterocycles. The van der Waals surface area contributed by atoms with Crippen LogP contribution in [0.3, 0.4) is 0 Å². The van der Waals surface area contributed by atoms with Gasteiger partial charge in [-0.3, -0.25) is 0 Å². The van der Waals surface area contributed by atoms with Crippen molar-refractivity contribution in [3.63, 3.8) is 0 Å². The molecule has 0 bridgehead atoms. The highest BCUT2D eigenvalue weighted by atomic mass is 32.2. The Labute approximate surface area is 94.9 Å². The Morgan fingerprint density at radius 3 is 2.43 bits per heavy atom. The van der Waals surface area contributed by atoms with Crippen molar-refractivity contribution in [3.05, 3.63) is 35.9 Å². The standard InChI is InChI=1S/C12H16S2/c1-12(13-9-10-14-12)8-7-11-5-3-2-4-6-11/h2-6H,7-10H2,1H3. The van der Waals surface area contributed by atoms with Crippen LogP contribution in [0.1, 0.15) is 18.9 Å². The molecule has 2 rings (SSSR count). The molecule has 1 aromatic rings. The first-order chi connectivity index (χ1) is 6.79. The van der Waals surface area contributed by atoms with Gasteiger partial charge in [-0.05, 0) is 25.3 Å². The highest BCUT2D eigenvalue weighted by Crippen LogP contribution is 2.46. The van der Waals surface area contributed by atoms with Gasteiger partial charge in [-0.2, -0.15) is 0 Å². The summed E-state index contributed by atoms with van der Waals surface area (Å²) in [5, 5.41) is 0. The van der Waals surface area contributed by atoms with E-state index in [4.69, 9.17) is 0 Å². The largest absolute Gasteiger partial charge is 0.144 e. The van der Waals surface area contributed by atoms with E-state index in [9.17, 15) is 0 Å². The summed E-state index contributed by atoms with van der Waals surface area (Å²) in [6.45, 7) is 2.39. The summed E-state index contributed by atoms with van der Waals surface area (Å²) >= 11 is 4.25. The molecule has 0 amide bonds. The van der Waals surface area contributed by atoms with Crippen molar-refractivity contribution in [1.82, 2.24) is 0 Å². The van der Waals surface area contributed by atoms with Crippen LogP contribution in [0.25, 0.3) is 0 Å². The van der Waals surface area contributed by atoms with Crippen LogP contribution in [-0.4, -0.2) is 15.6 Å². The van der Waals surface area contributed by atoms with Crippen LogP contribution in [0, 0.1) is 0 Å². The second-order valence-electron chi connectivity index (χ2n) is 3.82. The van der Waals surface area contributed by atoms with Crippen molar-refractivity contribution in [1.29, 1.82) is 0 Å². The zero-order valence-electron chi connectivity index (χ0n) is 8.53. The monoisotopic (exact) mass is 224 g/mol. The number of rotatable bonds is 3. The van der Waals surface area contributed by atoms with Crippen molar-refractivity contribution in [2.24, 2.45) is 0 Å². The Hall–Kier alpha value is -0.0800. The molecule has 2 heteroatoms. The fourth-order valence-electron chi connectivity index (χ4n) is 1.72. The first-order valence-electron chi connectivity index (χ1n) is 5.10. The highest BCUT2D eigenvalue weighted by molar-refractivity contribution is 8.21. The fourth-order valence-corrected chi connectivity index (χ4v) is 4.57. The van der Waals surface area contributed by atoms with E-state index in [2.05, 4.69) is 60.8 Å². The SMILES string of the molecule is CC1(CCc2ccccc2)SCCS1. The molecule has 0 unspecified atom stereocenters. The van der Waals surface area contributed by atoms with Crippen molar-refractivity contribution in [2.45, 2.75) is 23.8 Å². The van der Waals surface area contributed by atoms with E-state index in [-0.39, 0.29) is 0 Å². The topological polar surface area (TPSA) is 0 Å². The molecule has 76 valence electrons. The minimum Gasteiger partial charge on any atom is -0.144 e. The second-order valence-corrected chi connectivity index (χ2v) is 7.27. The molecule has 1 aliphatic heterocycles. The molecule has 1 aromatic carbocycles. The molecular formula is C12H16S2. The summed E-state index contributed by atoms with van der Waals surface area (Å²) in [4.78, 5) is 0. The zero-order chi connectivity index (χ0) is 9.86. The first kappa shape index (κ1) is 10.4. The predicted octanol–water partition coefficient (Wildman–Crippen LogP) is 3.82. The third kappa shape index (κ3) is 2.71. The van der Waals surface area contributed by atoms with Crippen LogP contribution >= 0.6 is 23.5 Å². The number of thioether (sulfide) groups is 2. The van der Waals surface area contributed by atoms with Crippen LogP contribution < -0.4 is 0 Å². The number of hydrogen-bond donors (Lipinski definition) is 0. The Morgan fingerprint density at radius 2 is 1.79 bits per heavy atom. The van der Waals surface area contributed by atoms with Gasteiger partial charge < -0.3 is 0 Å². The molecule has 0 nitrogen and oxygen atoms in total. The maximum absolute atomic E-state index is 2.39. The summed E-state index contributed by atoms with van der Waals surface area (Å²) < 4.78 is 0.482. The molecule has 1 aliphatic rings. The van der Waals surface area contributed by atoms with Crippen LogP contribution in [0.2, 0.25) is 0 Å². The van der Waals surface area contributed by atoms with Crippen molar-refractivity contribution >= 4 is 23.5 Å². The maximum atomic E-state index is 2.39. The van der Waals surface area contributed by atoms with E-state index in [0.717, 1.165) is 0 Å². The quantitative estimate of drug-likeness (QED) is 0.765. The lowest BCUT2D eigenvalue weighted by atomic mass is 10.1. The molecule has 0 aromatic heterocycles. The molecule has 0 spiro atoms. The second kappa shape index (κ2) is 4.63. The zero-order valence-corrected chi connectivity index (χ0v) is 10.2. The third-order valence-electron chi connectivity index (χ3n) is 2.61. The Bertz CT molecular complexity index is 276. The molecule has 0 aliphatic carbocycles. The Morgan fingerprint density at radius 1 is 1.14 bits per heavy atom. The molecule has 0 radical (unpaired) electrons. The van der Waals surface area contributed by atoms with Crippen LogP contribution in [0.15, 0.2) is 30.3 Å². The van der Waals surface area contributed by atoms with Gasteiger partial charge in [-0.15, -0.1) is 23.5 Å². The highest BCUT2D eigenvalue weighted by Gasteiger charge is 2.29. The molecule has 0 atom stereocenters. The lowest BCUT2D eigenvalue weighted by molar-refractivity contribution is 0.773. The lowest BCUT2D eigenvalue weighted by Crippen LogP contribution is -2.12. The molecule has 0 saturated carbocycles. The summed E-state index contributed by atoms with van der Waals surface area (Å²) in [6, 6.07) is 10.8. The third-order valence-corrected chi connectivity index (χ3v) is 6.02. The number of hydrogen-bond acceptors (Lipinski definition) is 2. The lowest BCUT2D eigenvalue weighted by Gasteiger charge is -2.21. The average Bonchev–Trinajstić information content (AvgIpc) is 2.65. The Kier molecular flexibility index (Phi) is 3.45. The molecule has 1 fully saturated rings. The van der Waals surface area contributed by atoms with Crippen LogP contribution in [0.5, 0.6) is 0 Å². The number of aryl methyl sites for hydroxylation is 1. The van der Waals surface area contributed by atoms with Gasteiger partial charge >= 0.3 is 0 Å². The normalized spacial score (nSPS) is 19.8. The fraction of sp³-hybridized carbons (Fsp3) is 0.500. The first-order valence-corrected chi connectivity index (χ1v) is 7.07. The van der Waals surface area contributed by atoms with Crippen molar-refractivity contribution < 1.29 is 0 Å². The smallest absolute Gasteiger partial charge is 0.0586 e. The van der Waals surface area contributed by atoms with E-state index < -0.39 is 0 Å². The van der Waals surface area contributed by atoms with Crippen LogP contribution in [0.4, 0.5) is 0 Å². The molecule has 1 heterocycles. The number of benzene rings is 1. The summed E-state index contributed by atoms with van der Waals surface area (Å²) in [7, 11) is 0. The molecular weight excluding hydrogens is 208 g/mol. The van der Waals surface area contributed by atoms with Gasteiger partial charge in [0.05, 0.1) is 4.08 Å². The van der Waals surface area contributed by atoms with Gasteiger partial charge in [0, 0.05) is 11.5 Å². The summed E-state index contributed by atoms with van der Waals surface area (Å²) in [6.07, 6.45) is 2.52. The average molecular weight is 224 g/mol. The van der Waals surface area contributed by atoms with Gasteiger partial charge in [-0.1, -0.05) is 30.3 Å². The van der Waals surface area contributed by atoms with Gasteiger partial charge in [-0.25, -0.2) is 0 Å². The van der Waals surface area contributed by atoms with Gasteiger partial charge in [0.1, 0.15) is 0 Å². The minimum atomic E-state index is 0.482. The maximum Gasteiger partial charge on any atom is 0.0586 e. The predicted molar refractivity (Wildman–Crippen MR) is 68.1 cm³/mol. The van der Waals surface area contributed by atoms with Crippen molar-refractivity contribution in [2.75, 3.05) is 11.5 Å². The molecule has 0 N–H and O–H groups in total. The minimum absolute atomic E-state index is 0.482. The van der Waals surface area contributed by atoms with E-state index in [1.807, 2.05) is 0 Å². The summed E-state index contributed by atoms with van der Waals surface area (Å²) in [5.74, 6) is 2.66. The van der Waals surface area contributed by atoms with Crippen LogP contribution in [-0.2, 0) is 6.42 Å². The summed E-state index contributed by atoms with van der Waals surface area (Å²) in [5.41, 5.74) is 1.47.